The first-order valence-corrected chi connectivity index (χ1v) is 9.48. The molecule has 0 saturated heterocycles. The van der Waals surface area contributed by atoms with E-state index in [4.69, 9.17) is 4.84 Å². The zero-order valence-corrected chi connectivity index (χ0v) is 16.3. The Morgan fingerprint density at radius 3 is 2.75 bits per heavy atom. The molecule has 0 bridgehead atoms. The molecule has 0 fully saturated rings. The molecule has 1 amide bonds. The second-order valence-corrected chi connectivity index (χ2v) is 7.76. The van der Waals surface area contributed by atoms with Gasteiger partial charge in [0, 0.05) is 30.9 Å². The fourth-order valence-electron chi connectivity index (χ4n) is 3.76. The summed E-state index contributed by atoms with van der Waals surface area (Å²) in [6.45, 7) is 6.02. The van der Waals surface area contributed by atoms with Gasteiger partial charge in [-0.2, -0.15) is 0 Å². The summed E-state index contributed by atoms with van der Waals surface area (Å²) >= 11 is 0. The molecule has 1 aliphatic rings. The fraction of sp³-hybridized carbons (Fsp3) is 0.318. The van der Waals surface area contributed by atoms with Gasteiger partial charge in [-0.1, -0.05) is 42.4 Å². The van der Waals surface area contributed by atoms with Gasteiger partial charge in [-0.05, 0) is 31.5 Å². The van der Waals surface area contributed by atoms with Crippen LogP contribution in [0.15, 0.2) is 66.2 Å². The van der Waals surface area contributed by atoms with Gasteiger partial charge in [0.25, 0.3) is 5.91 Å². The Hall–Kier alpha value is -3.15. The first kappa shape index (κ1) is 18.2. The normalized spacial score (nSPS) is 19.3. The molecule has 6 heteroatoms. The van der Waals surface area contributed by atoms with Gasteiger partial charge in [-0.15, -0.1) is 0 Å². The number of oxime groups is 1. The number of hydrogen-bond donors (Lipinski definition) is 1. The molecule has 0 spiro atoms. The molecule has 0 saturated carbocycles. The molecule has 1 aliphatic heterocycles. The predicted molar refractivity (Wildman–Crippen MR) is 108 cm³/mol. The number of aromatic nitrogens is 2. The first-order valence-electron chi connectivity index (χ1n) is 9.48. The van der Waals surface area contributed by atoms with E-state index in [0.29, 0.717) is 11.2 Å². The summed E-state index contributed by atoms with van der Waals surface area (Å²) < 4.78 is 1.83. The lowest BCUT2D eigenvalue weighted by Crippen LogP contribution is -2.52. The summed E-state index contributed by atoms with van der Waals surface area (Å²) in [5, 5.41) is 7.45. The Bertz CT molecular complexity index is 1020. The van der Waals surface area contributed by atoms with Crippen LogP contribution in [0, 0.1) is 5.92 Å². The van der Waals surface area contributed by atoms with E-state index in [9.17, 15) is 4.79 Å². The van der Waals surface area contributed by atoms with Crippen LogP contribution in [0.1, 0.15) is 36.7 Å². The molecule has 1 N–H and O–H groups in total. The lowest BCUT2D eigenvalue weighted by molar-refractivity contribution is 0.0660. The minimum Gasteiger partial charge on any atom is -0.391 e. The van der Waals surface area contributed by atoms with Crippen LogP contribution in [0.5, 0.6) is 0 Å². The largest absolute Gasteiger partial charge is 0.391 e. The summed E-state index contributed by atoms with van der Waals surface area (Å²) in [6, 6.07) is 13.9. The van der Waals surface area contributed by atoms with Crippen LogP contribution in [-0.2, 0) is 11.3 Å². The molecule has 3 heterocycles. The molecule has 2 unspecified atom stereocenters. The number of rotatable bonds is 5. The van der Waals surface area contributed by atoms with Gasteiger partial charge in [0.05, 0.1) is 16.8 Å². The minimum absolute atomic E-state index is 0.0377. The van der Waals surface area contributed by atoms with Gasteiger partial charge in [-0.3, -0.25) is 4.79 Å². The van der Waals surface area contributed by atoms with Crippen molar-refractivity contribution in [1.82, 2.24) is 14.7 Å². The van der Waals surface area contributed by atoms with E-state index in [1.165, 1.54) is 5.56 Å². The van der Waals surface area contributed by atoms with E-state index in [2.05, 4.69) is 34.5 Å². The highest BCUT2D eigenvalue weighted by Gasteiger charge is 2.40. The Labute approximate surface area is 164 Å². The third kappa shape index (κ3) is 3.38. The Balaban J connectivity index is 1.49. The molecule has 2 atom stereocenters. The van der Waals surface area contributed by atoms with Crippen molar-refractivity contribution < 1.29 is 9.63 Å². The van der Waals surface area contributed by atoms with Crippen molar-refractivity contribution in [3.05, 3.63) is 72.2 Å². The Kier molecular flexibility index (Phi) is 4.63. The average molecular weight is 376 g/mol. The maximum atomic E-state index is 12.9. The van der Waals surface area contributed by atoms with Crippen LogP contribution in [0.3, 0.4) is 0 Å². The topological polar surface area (TPSA) is 68.0 Å². The minimum atomic E-state index is -0.638. The Morgan fingerprint density at radius 1 is 1.18 bits per heavy atom. The third-order valence-corrected chi connectivity index (χ3v) is 5.29. The van der Waals surface area contributed by atoms with Gasteiger partial charge in [0.2, 0.25) is 0 Å². The molecule has 6 nitrogen and oxygen atoms in total. The molecule has 28 heavy (non-hydrogen) atoms. The van der Waals surface area contributed by atoms with Crippen molar-refractivity contribution in [3.63, 3.8) is 0 Å². The summed E-state index contributed by atoms with van der Waals surface area (Å²) in [7, 11) is 0. The van der Waals surface area contributed by atoms with Gasteiger partial charge in [0.15, 0.2) is 0 Å². The number of hydrogen-bond acceptors (Lipinski definition) is 4. The van der Waals surface area contributed by atoms with Gasteiger partial charge in [0.1, 0.15) is 11.8 Å². The van der Waals surface area contributed by atoms with Crippen molar-refractivity contribution in [2.75, 3.05) is 0 Å². The first-order chi connectivity index (χ1) is 13.5. The lowest BCUT2D eigenvalue weighted by Gasteiger charge is -2.28. The number of imidazole rings is 1. The molecule has 144 valence electrons. The zero-order chi connectivity index (χ0) is 19.7. The number of carbonyl (C=O) groups excluding carboxylic acids is 1. The highest BCUT2D eigenvalue weighted by molar-refractivity contribution is 6.05. The average Bonchev–Trinajstić information content (AvgIpc) is 3.29. The SMILES string of the molecule is CC1C(C(C)(C)NC(=O)c2cccn3ccnc23)=NOC1Cc1ccccc1. The van der Waals surface area contributed by atoms with E-state index in [1.807, 2.05) is 54.9 Å². The number of benzene rings is 1. The molecule has 0 radical (unpaired) electrons. The zero-order valence-electron chi connectivity index (χ0n) is 16.3. The number of fused-ring (bicyclic) bond motifs is 1. The van der Waals surface area contributed by atoms with Gasteiger partial charge < -0.3 is 14.6 Å². The van der Waals surface area contributed by atoms with Crippen LogP contribution in [0.25, 0.3) is 5.65 Å². The number of carbonyl (C=O) groups is 1. The second-order valence-electron chi connectivity index (χ2n) is 7.76. The van der Waals surface area contributed by atoms with Gasteiger partial charge >= 0.3 is 0 Å². The maximum absolute atomic E-state index is 12.9. The summed E-state index contributed by atoms with van der Waals surface area (Å²) in [4.78, 5) is 23.0. The molecular formula is C22H24N4O2. The van der Waals surface area contributed by atoms with Crippen molar-refractivity contribution in [1.29, 1.82) is 0 Å². The maximum Gasteiger partial charge on any atom is 0.255 e. The molecular weight excluding hydrogens is 352 g/mol. The Morgan fingerprint density at radius 2 is 1.96 bits per heavy atom. The van der Waals surface area contributed by atoms with E-state index in [1.54, 1.807) is 12.3 Å². The van der Waals surface area contributed by atoms with Crippen molar-refractivity contribution in [2.45, 2.75) is 38.8 Å². The summed E-state index contributed by atoms with van der Waals surface area (Å²) in [6.07, 6.45) is 6.12. The third-order valence-electron chi connectivity index (χ3n) is 5.29. The van der Waals surface area contributed by atoms with Crippen LogP contribution in [0.4, 0.5) is 0 Å². The molecule has 1 aromatic carbocycles. The van der Waals surface area contributed by atoms with Crippen molar-refractivity contribution in [3.8, 4) is 0 Å². The predicted octanol–water partition coefficient (Wildman–Crippen LogP) is 3.48. The van der Waals surface area contributed by atoms with Crippen LogP contribution >= 0.6 is 0 Å². The van der Waals surface area contributed by atoms with Crippen LogP contribution in [-0.4, -0.2) is 32.6 Å². The monoisotopic (exact) mass is 376 g/mol. The highest BCUT2D eigenvalue weighted by atomic mass is 16.6. The van der Waals surface area contributed by atoms with Gasteiger partial charge in [-0.25, -0.2) is 4.98 Å². The smallest absolute Gasteiger partial charge is 0.255 e. The quantitative estimate of drug-likeness (QED) is 0.741. The lowest BCUT2D eigenvalue weighted by atomic mass is 9.84. The van der Waals surface area contributed by atoms with E-state index in [0.717, 1.165) is 12.1 Å². The van der Waals surface area contributed by atoms with E-state index < -0.39 is 5.54 Å². The number of pyridine rings is 1. The molecule has 4 rings (SSSR count). The molecule has 3 aromatic rings. The summed E-state index contributed by atoms with van der Waals surface area (Å²) in [5.41, 5.74) is 2.59. The highest BCUT2D eigenvalue weighted by Crippen LogP contribution is 2.28. The van der Waals surface area contributed by atoms with Crippen molar-refractivity contribution in [2.24, 2.45) is 11.1 Å². The van der Waals surface area contributed by atoms with E-state index >= 15 is 0 Å². The van der Waals surface area contributed by atoms with E-state index in [-0.39, 0.29) is 17.9 Å². The molecule has 0 aliphatic carbocycles. The number of nitrogens with zero attached hydrogens (tertiary/aromatic N) is 3. The number of amides is 1. The number of nitrogens with one attached hydrogen (secondary N) is 1. The summed E-state index contributed by atoms with van der Waals surface area (Å²) in [5.74, 6) is -0.0825. The fourth-order valence-corrected chi connectivity index (χ4v) is 3.76. The van der Waals surface area contributed by atoms with Crippen LogP contribution in [0.2, 0.25) is 0 Å². The van der Waals surface area contributed by atoms with Crippen molar-refractivity contribution >= 4 is 17.3 Å². The standard InChI is InChI=1S/C22H24N4O2/c1-15-18(14-16-8-5-4-6-9-16)28-25-19(15)22(2,3)24-21(27)17-10-7-12-26-13-11-23-20(17)26/h4-13,15,18H,14H2,1-3H3,(H,24,27). The molecule has 2 aromatic heterocycles. The second kappa shape index (κ2) is 7.11. The van der Waals surface area contributed by atoms with Crippen LogP contribution < -0.4 is 5.32 Å².